The molecule has 0 fully saturated rings. The van der Waals surface area contributed by atoms with Crippen molar-refractivity contribution in [2.75, 3.05) is 13.7 Å². The lowest BCUT2D eigenvalue weighted by Gasteiger charge is -2.26. The van der Waals surface area contributed by atoms with Crippen LogP contribution in [0.5, 0.6) is 0 Å². The van der Waals surface area contributed by atoms with Gasteiger partial charge in [0, 0.05) is 6.04 Å². The van der Waals surface area contributed by atoms with Gasteiger partial charge in [-0.25, -0.2) is 4.99 Å². The molecular weight excluding hydrogens is 310 g/mol. The first kappa shape index (κ1) is 15.7. The monoisotopic (exact) mass is 329 g/mol. The number of hydrogen-bond acceptors (Lipinski definition) is 5. The Morgan fingerprint density at radius 2 is 2.35 bits per heavy atom. The van der Waals surface area contributed by atoms with Crippen LogP contribution >= 0.6 is 11.3 Å². The number of esters is 1. The van der Waals surface area contributed by atoms with Gasteiger partial charge in [-0.15, -0.1) is 11.3 Å². The molecule has 0 amide bonds. The molecular formula is C17H19N3O2S. The summed E-state index contributed by atoms with van der Waals surface area (Å²) >= 11 is 1.56. The Bertz CT molecular complexity index is 725. The Balaban J connectivity index is 1.89. The Labute approximate surface area is 139 Å². The van der Waals surface area contributed by atoms with E-state index >= 15 is 0 Å². The van der Waals surface area contributed by atoms with Crippen molar-refractivity contribution in [1.29, 1.82) is 0 Å². The van der Waals surface area contributed by atoms with Crippen LogP contribution in [-0.2, 0) is 16.0 Å². The fourth-order valence-electron chi connectivity index (χ4n) is 2.75. The van der Waals surface area contributed by atoms with Gasteiger partial charge in [-0.05, 0) is 47.7 Å². The van der Waals surface area contributed by atoms with Crippen LogP contribution in [0.2, 0.25) is 0 Å². The second-order valence-corrected chi connectivity index (χ2v) is 6.34. The lowest BCUT2D eigenvalue weighted by molar-refractivity contribution is -0.141. The SMILES string of the molecule is COC(=O)CC1NCCc2ccc(N=C(N)c3cccs3)cc21. The topological polar surface area (TPSA) is 76.7 Å². The zero-order valence-corrected chi connectivity index (χ0v) is 13.7. The van der Waals surface area contributed by atoms with Crippen molar-refractivity contribution in [2.24, 2.45) is 10.7 Å². The zero-order chi connectivity index (χ0) is 16.2. The Morgan fingerprint density at radius 3 is 3.09 bits per heavy atom. The first-order chi connectivity index (χ1) is 11.2. The summed E-state index contributed by atoms with van der Waals surface area (Å²) < 4.78 is 4.79. The van der Waals surface area contributed by atoms with E-state index in [1.54, 1.807) is 11.3 Å². The molecule has 0 aliphatic carbocycles. The minimum atomic E-state index is -0.220. The molecule has 1 aliphatic heterocycles. The summed E-state index contributed by atoms with van der Waals surface area (Å²) in [6.07, 6.45) is 1.26. The van der Waals surface area contributed by atoms with Crippen LogP contribution in [0.4, 0.5) is 5.69 Å². The summed E-state index contributed by atoms with van der Waals surface area (Å²) in [5.74, 6) is 0.288. The van der Waals surface area contributed by atoms with E-state index in [0.29, 0.717) is 12.3 Å². The third-order valence-electron chi connectivity index (χ3n) is 3.91. The normalized spacial score (nSPS) is 17.6. The van der Waals surface area contributed by atoms with Crippen molar-refractivity contribution in [2.45, 2.75) is 18.9 Å². The first-order valence-electron chi connectivity index (χ1n) is 7.48. The van der Waals surface area contributed by atoms with Gasteiger partial charge in [-0.1, -0.05) is 12.1 Å². The lowest BCUT2D eigenvalue weighted by atomic mass is 9.92. The number of hydrogen-bond donors (Lipinski definition) is 2. The molecule has 0 bridgehead atoms. The zero-order valence-electron chi connectivity index (χ0n) is 12.9. The fraction of sp³-hybridized carbons (Fsp3) is 0.294. The van der Waals surface area contributed by atoms with Gasteiger partial charge in [-0.3, -0.25) is 4.79 Å². The standard InChI is InChI=1S/C17H19N3O2S/c1-22-16(21)10-14-13-9-12(5-4-11(13)6-7-19-14)20-17(18)15-3-2-8-23-15/h2-5,8-9,14,19H,6-7,10H2,1H3,(H2,18,20). The molecule has 0 saturated heterocycles. The van der Waals surface area contributed by atoms with Crippen LogP contribution in [0.3, 0.4) is 0 Å². The van der Waals surface area contributed by atoms with Gasteiger partial charge in [-0.2, -0.15) is 0 Å². The van der Waals surface area contributed by atoms with Gasteiger partial charge < -0.3 is 15.8 Å². The summed E-state index contributed by atoms with van der Waals surface area (Å²) in [5.41, 5.74) is 9.20. The third-order valence-corrected chi connectivity index (χ3v) is 4.80. The number of benzene rings is 1. The lowest BCUT2D eigenvalue weighted by Crippen LogP contribution is -2.31. The molecule has 2 heterocycles. The molecule has 1 aromatic carbocycles. The van der Waals surface area contributed by atoms with Gasteiger partial charge in [0.2, 0.25) is 0 Å². The molecule has 1 atom stereocenters. The minimum Gasteiger partial charge on any atom is -0.469 e. The Morgan fingerprint density at radius 1 is 1.48 bits per heavy atom. The minimum absolute atomic E-state index is 0.0377. The van der Waals surface area contributed by atoms with E-state index < -0.39 is 0 Å². The number of ether oxygens (including phenoxy) is 1. The second kappa shape index (κ2) is 6.93. The predicted molar refractivity (Wildman–Crippen MR) is 92.2 cm³/mol. The van der Waals surface area contributed by atoms with Crippen molar-refractivity contribution in [3.63, 3.8) is 0 Å². The Kier molecular flexibility index (Phi) is 4.73. The smallest absolute Gasteiger partial charge is 0.307 e. The van der Waals surface area contributed by atoms with E-state index in [9.17, 15) is 4.79 Å². The molecule has 120 valence electrons. The highest BCUT2D eigenvalue weighted by Gasteiger charge is 2.22. The first-order valence-corrected chi connectivity index (χ1v) is 8.36. The van der Waals surface area contributed by atoms with E-state index in [1.165, 1.54) is 12.7 Å². The maximum absolute atomic E-state index is 11.6. The summed E-state index contributed by atoms with van der Waals surface area (Å²) in [7, 11) is 1.41. The van der Waals surface area contributed by atoms with Gasteiger partial charge in [0.25, 0.3) is 0 Å². The molecule has 3 rings (SSSR count). The van der Waals surface area contributed by atoms with Gasteiger partial charge in [0.1, 0.15) is 5.84 Å². The summed E-state index contributed by atoms with van der Waals surface area (Å²) in [6.45, 7) is 0.856. The summed E-state index contributed by atoms with van der Waals surface area (Å²) in [5, 5.41) is 5.34. The maximum atomic E-state index is 11.6. The average Bonchev–Trinajstić information content (AvgIpc) is 3.10. The number of nitrogens with zero attached hydrogens (tertiary/aromatic N) is 1. The van der Waals surface area contributed by atoms with Crippen LogP contribution in [0.15, 0.2) is 40.7 Å². The second-order valence-electron chi connectivity index (χ2n) is 5.39. The van der Waals surface area contributed by atoms with Crippen LogP contribution in [-0.4, -0.2) is 25.5 Å². The molecule has 1 aliphatic rings. The molecule has 5 nitrogen and oxygen atoms in total. The number of carbonyl (C=O) groups excluding carboxylic acids is 1. The van der Waals surface area contributed by atoms with Crippen LogP contribution in [0, 0.1) is 0 Å². The van der Waals surface area contributed by atoms with E-state index in [1.807, 2.05) is 29.6 Å². The number of nitrogens with one attached hydrogen (secondary N) is 1. The summed E-state index contributed by atoms with van der Waals surface area (Å²) in [4.78, 5) is 17.1. The molecule has 0 radical (unpaired) electrons. The molecule has 2 aromatic rings. The molecule has 23 heavy (non-hydrogen) atoms. The number of methoxy groups -OCH3 is 1. The summed E-state index contributed by atoms with van der Waals surface area (Å²) in [6, 6.07) is 9.91. The molecule has 6 heteroatoms. The van der Waals surface area contributed by atoms with Crippen molar-refractivity contribution in [3.8, 4) is 0 Å². The molecule has 1 aromatic heterocycles. The van der Waals surface area contributed by atoms with Gasteiger partial charge in [0.05, 0.1) is 24.1 Å². The highest BCUT2D eigenvalue weighted by atomic mass is 32.1. The van der Waals surface area contributed by atoms with Crippen LogP contribution < -0.4 is 11.1 Å². The van der Waals surface area contributed by atoms with Crippen molar-refractivity contribution in [3.05, 3.63) is 51.7 Å². The number of aliphatic imine (C=N–C) groups is 1. The molecule has 1 unspecified atom stereocenters. The maximum Gasteiger partial charge on any atom is 0.307 e. The molecule has 0 saturated carbocycles. The molecule has 3 N–H and O–H groups in total. The molecule has 0 spiro atoms. The highest BCUT2D eigenvalue weighted by Crippen LogP contribution is 2.29. The Hall–Kier alpha value is -2.18. The number of fused-ring (bicyclic) bond motifs is 1. The number of carbonyl (C=O) groups is 1. The van der Waals surface area contributed by atoms with Crippen molar-refractivity contribution in [1.82, 2.24) is 5.32 Å². The number of amidine groups is 1. The highest BCUT2D eigenvalue weighted by molar-refractivity contribution is 7.12. The van der Waals surface area contributed by atoms with Gasteiger partial charge >= 0.3 is 5.97 Å². The quantitative estimate of drug-likeness (QED) is 0.513. The predicted octanol–water partition coefficient (Wildman–Crippen LogP) is 2.54. The third kappa shape index (κ3) is 3.60. The van der Waals surface area contributed by atoms with Gasteiger partial charge in [0.15, 0.2) is 0 Å². The number of thiophene rings is 1. The number of nitrogens with two attached hydrogens (primary N) is 1. The van der Waals surface area contributed by atoms with E-state index in [0.717, 1.165) is 29.1 Å². The van der Waals surface area contributed by atoms with Crippen LogP contribution in [0.25, 0.3) is 0 Å². The van der Waals surface area contributed by atoms with Crippen LogP contribution in [0.1, 0.15) is 28.5 Å². The van der Waals surface area contributed by atoms with Crippen molar-refractivity contribution < 1.29 is 9.53 Å². The van der Waals surface area contributed by atoms with E-state index in [-0.39, 0.29) is 12.0 Å². The van der Waals surface area contributed by atoms with E-state index in [4.69, 9.17) is 10.5 Å². The van der Waals surface area contributed by atoms with E-state index in [2.05, 4.69) is 16.4 Å². The van der Waals surface area contributed by atoms with Crippen molar-refractivity contribution >= 4 is 28.8 Å². The largest absolute Gasteiger partial charge is 0.469 e. The number of rotatable bonds is 4. The fourth-order valence-corrected chi connectivity index (χ4v) is 3.37. The average molecular weight is 329 g/mol.